The molecular weight excluding hydrogens is 452 g/mol. The normalized spacial score (nSPS) is 14.1. The molecule has 0 fully saturated rings. The third-order valence-electron chi connectivity index (χ3n) is 4.09. The molecule has 16 nitrogen and oxygen atoms in total. The summed E-state index contributed by atoms with van der Waals surface area (Å²) in [6, 6.07) is -6.57. The van der Waals surface area contributed by atoms with Crippen molar-refractivity contribution in [3.63, 3.8) is 0 Å². The summed E-state index contributed by atoms with van der Waals surface area (Å²) in [5.41, 5.74) is 5.49. The molecule has 4 unspecified atom stereocenters. The zero-order chi connectivity index (χ0) is 25.7. The molecule has 0 saturated carbocycles. The highest BCUT2D eigenvalue weighted by Gasteiger charge is 2.31. The van der Waals surface area contributed by atoms with Crippen LogP contribution >= 0.6 is 0 Å². The molecular formula is C17H26N4O12. The Morgan fingerprint density at radius 2 is 1.09 bits per heavy atom. The van der Waals surface area contributed by atoms with Crippen molar-refractivity contribution in [2.75, 3.05) is 6.61 Å². The SMILES string of the molecule is NC(CCC(=O)O)C(=O)NC(CO)C(=O)NC(CC(=O)O)C(=O)NC(CCC(=O)O)C(=O)O. The van der Waals surface area contributed by atoms with Crippen LogP contribution in [0.25, 0.3) is 0 Å². The van der Waals surface area contributed by atoms with E-state index in [1.807, 2.05) is 16.0 Å². The average Bonchev–Trinajstić information content (AvgIpc) is 2.71. The van der Waals surface area contributed by atoms with E-state index in [1.54, 1.807) is 0 Å². The van der Waals surface area contributed by atoms with Crippen LogP contribution in [0, 0.1) is 0 Å². The summed E-state index contributed by atoms with van der Waals surface area (Å²) in [6.07, 6.45) is -2.87. The molecule has 4 atom stereocenters. The number of aliphatic hydroxyl groups excluding tert-OH is 1. The predicted octanol–water partition coefficient (Wildman–Crippen LogP) is -3.95. The molecule has 186 valence electrons. The second-order valence-electron chi connectivity index (χ2n) is 6.77. The van der Waals surface area contributed by atoms with Gasteiger partial charge in [-0.05, 0) is 12.8 Å². The molecule has 0 saturated heterocycles. The van der Waals surface area contributed by atoms with Gasteiger partial charge in [0.05, 0.1) is 19.1 Å². The lowest BCUT2D eigenvalue weighted by Gasteiger charge is -2.23. The molecule has 16 heteroatoms. The molecule has 0 aliphatic rings. The van der Waals surface area contributed by atoms with Crippen molar-refractivity contribution in [1.29, 1.82) is 0 Å². The molecule has 0 aliphatic carbocycles. The van der Waals surface area contributed by atoms with Gasteiger partial charge in [-0.3, -0.25) is 28.8 Å². The van der Waals surface area contributed by atoms with Crippen LogP contribution in [0.1, 0.15) is 32.1 Å². The maximum atomic E-state index is 12.3. The monoisotopic (exact) mass is 478 g/mol. The van der Waals surface area contributed by atoms with E-state index in [-0.39, 0.29) is 6.42 Å². The van der Waals surface area contributed by atoms with E-state index >= 15 is 0 Å². The van der Waals surface area contributed by atoms with E-state index in [9.17, 15) is 38.7 Å². The number of hydrogen-bond acceptors (Lipinski definition) is 9. The van der Waals surface area contributed by atoms with E-state index in [2.05, 4.69) is 0 Å². The maximum Gasteiger partial charge on any atom is 0.326 e. The van der Waals surface area contributed by atoms with E-state index in [0.717, 1.165) is 0 Å². The molecule has 0 radical (unpaired) electrons. The Morgan fingerprint density at radius 1 is 0.636 bits per heavy atom. The fraction of sp³-hybridized carbons (Fsp3) is 0.588. The van der Waals surface area contributed by atoms with Crippen LogP contribution < -0.4 is 21.7 Å². The minimum Gasteiger partial charge on any atom is -0.481 e. The Morgan fingerprint density at radius 3 is 1.55 bits per heavy atom. The Kier molecular flexibility index (Phi) is 12.7. The number of amides is 3. The Labute approximate surface area is 186 Å². The van der Waals surface area contributed by atoms with Crippen LogP contribution in [0.4, 0.5) is 0 Å². The standard InChI is InChI=1S/C17H26N4O12/c18-7(1-3-11(23)24)14(29)21-10(6-22)16(31)20-9(5-13(27)28)15(30)19-8(17(32)33)2-4-12(25)26/h7-10,22H,1-6,18H2,(H,19,30)(H,20,31)(H,21,29)(H,23,24)(H,25,26)(H,27,28)(H,32,33). The maximum absolute atomic E-state index is 12.3. The van der Waals surface area contributed by atoms with Crippen molar-refractivity contribution in [2.24, 2.45) is 5.73 Å². The fourth-order valence-electron chi connectivity index (χ4n) is 2.34. The lowest BCUT2D eigenvalue weighted by atomic mass is 10.1. The van der Waals surface area contributed by atoms with Crippen LogP contribution in [0.2, 0.25) is 0 Å². The lowest BCUT2D eigenvalue weighted by Crippen LogP contribution is -2.58. The van der Waals surface area contributed by atoms with Gasteiger partial charge in [0, 0.05) is 12.8 Å². The van der Waals surface area contributed by atoms with Gasteiger partial charge in [0.25, 0.3) is 0 Å². The van der Waals surface area contributed by atoms with E-state index in [0.29, 0.717) is 0 Å². The third-order valence-corrected chi connectivity index (χ3v) is 4.09. The van der Waals surface area contributed by atoms with Crippen LogP contribution in [0.3, 0.4) is 0 Å². The summed E-state index contributed by atoms with van der Waals surface area (Å²) in [5, 5.41) is 50.6. The van der Waals surface area contributed by atoms with Gasteiger partial charge >= 0.3 is 23.9 Å². The molecule has 33 heavy (non-hydrogen) atoms. The molecule has 3 amide bonds. The third kappa shape index (κ3) is 12.0. The van der Waals surface area contributed by atoms with E-state index < -0.39 is 98.1 Å². The van der Waals surface area contributed by atoms with Gasteiger partial charge in [-0.25, -0.2) is 4.79 Å². The highest BCUT2D eigenvalue weighted by atomic mass is 16.4. The molecule has 0 aromatic rings. The minimum atomic E-state index is -1.84. The first kappa shape index (κ1) is 29.2. The van der Waals surface area contributed by atoms with Gasteiger partial charge in [0.2, 0.25) is 17.7 Å². The van der Waals surface area contributed by atoms with Crippen LogP contribution in [-0.2, 0) is 33.6 Å². The summed E-state index contributed by atoms with van der Waals surface area (Å²) < 4.78 is 0. The summed E-state index contributed by atoms with van der Waals surface area (Å²) >= 11 is 0. The number of carbonyl (C=O) groups excluding carboxylic acids is 3. The minimum absolute atomic E-state index is 0.280. The van der Waals surface area contributed by atoms with Crippen molar-refractivity contribution >= 4 is 41.6 Å². The number of nitrogens with two attached hydrogens (primary N) is 1. The quantitative estimate of drug-likeness (QED) is 0.102. The number of carbonyl (C=O) groups is 7. The topological polar surface area (TPSA) is 283 Å². The largest absolute Gasteiger partial charge is 0.481 e. The van der Waals surface area contributed by atoms with Gasteiger partial charge in [-0.2, -0.15) is 0 Å². The number of hydrogen-bond donors (Lipinski definition) is 9. The van der Waals surface area contributed by atoms with Gasteiger partial charge < -0.3 is 47.2 Å². The molecule has 10 N–H and O–H groups in total. The van der Waals surface area contributed by atoms with Crippen molar-refractivity contribution in [1.82, 2.24) is 16.0 Å². The van der Waals surface area contributed by atoms with Gasteiger partial charge in [0.15, 0.2) is 0 Å². The Bertz CT molecular complexity index is 771. The van der Waals surface area contributed by atoms with E-state index in [4.69, 9.17) is 26.2 Å². The van der Waals surface area contributed by atoms with E-state index in [1.165, 1.54) is 0 Å². The van der Waals surface area contributed by atoms with Crippen LogP contribution in [0.15, 0.2) is 0 Å². The molecule has 0 rings (SSSR count). The van der Waals surface area contributed by atoms with Gasteiger partial charge in [-0.15, -0.1) is 0 Å². The zero-order valence-electron chi connectivity index (χ0n) is 17.2. The molecule has 0 aliphatic heterocycles. The Balaban J connectivity index is 5.26. The highest BCUT2D eigenvalue weighted by molar-refractivity contribution is 5.95. The number of carboxylic acids is 4. The second kappa shape index (κ2) is 14.3. The zero-order valence-corrected chi connectivity index (χ0v) is 17.2. The first-order valence-electron chi connectivity index (χ1n) is 9.44. The van der Waals surface area contributed by atoms with Crippen LogP contribution in [-0.4, -0.2) is 97.9 Å². The van der Waals surface area contributed by atoms with Gasteiger partial charge in [-0.1, -0.05) is 0 Å². The first-order valence-corrected chi connectivity index (χ1v) is 9.44. The summed E-state index contributed by atoms with van der Waals surface area (Å²) in [4.78, 5) is 80.1. The first-order chi connectivity index (χ1) is 15.3. The molecule has 0 heterocycles. The number of aliphatic hydroxyl groups is 1. The fourth-order valence-corrected chi connectivity index (χ4v) is 2.34. The highest BCUT2D eigenvalue weighted by Crippen LogP contribution is 2.02. The Hall–Kier alpha value is -3.79. The summed E-state index contributed by atoms with van der Waals surface area (Å²) in [5.74, 6) is -9.19. The molecule has 0 aromatic carbocycles. The smallest absolute Gasteiger partial charge is 0.326 e. The lowest BCUT2D eigenvalue weighted by molar-refractivity contribution is -0.144. The van der Waals surface area contributed by atoms with Crippen LogP contribution in [0.5, 0.6) is 0 Å². The average molecular weight is 478 g/mol. The van der Waals surface area contributed by atoms with Crippen molar-refractivity contribution < 1.29 is 59.1 Å². The van der Waals surface area contributed by atoms with Gasteiger partial charge in [0.1, 0.15) is 18.1 Å². The molecule has 0 bridgehead atoms. The van der Waals surface area contributed by atoms with Crippen molar-refractivity contribution in [3.05, 3.63) is 0 Å². The molecule has 0 spiro atoms. The second-order valence-corrected chi connectivity index (χ2v) is 6.77. The molecule has 0 aromatic heterocycles. The number of rotatable bonds is 16. The summed E-state index contributed by atoms with van der Waals surface area (Å²) in [7, 11) is 0. The van der Waals surface area contributed by atoms with Crippen molar-refractivity contribution in [3.8, 4) is 0 Å². The summed E-state index contributed by atoms with van der Waals surface area (Å²) in [6.45, 7) is -0.999. The van der Waals surface area contributed by atoms with Crippen molar-refractivity contribution in [2.45, 2.75) is 56.3 Å². The predicted molar refractivity (Wildman–Crippen MR) is 104 cm³/mol. The number of carboxylic acid groups (broad SMARTS) is 4. The number of aliphatic carboxylic acids is 4. The number of nitrogens with one attached hydrogen (secondary N) is 3.